The van der Waals surface area contributed by atoms with Crippen molar-refractivity contribution in [2.24, 2.45) is 0 Å². The van der Waals surface area contributed by atoms with Crippen LogP contribution in [0.3, 0.4) is 0 Å². The first-order valence-corrected chi connectivity index (χ1v) is 5.81. The third-order valence-electron chi connectivity index (χ3n) is 2.49. The molecule has 0 aliphatic rings. The van der Waals surface area contributed by atoms with Crippen LogP contribution in [0.2, 0.25) is 0 Å². The van der Waals surface area contributed by atoms with E-state index in [4.69, 9.17) is 9.84 Å². The van der Waals surface area contributed by atoms with Gasteiger partial charge in [0, 0.05) is 13.7 Å². The quantitative estimate of drug-likeness (QED) is 0.705. The van der Waals surface area contributed by atoms with Gasteiger partial charge < -0.3 is 14.7 Å². The molecular weight excluding hydrogens is 236 g/mol. The first-order valence-electron chi connectivity index (χ1n) is 5.81. The predicted octanol–water partition coefficient (Wildman–Crippen LogP) is 0.00330. The lowest BCUT2D eigenvalue weighted by Gasteiger charge is -2.10. The fourth-order valence-corrected chi connectivity index (χ4v) is 1.66. The zero-order valence-corrected chi connectivity index (χ0v) is 11.1. The molecule has 0 radical (unpaired) electrons. The van der Waals surface area contributed by atoms with Crippen LogP contribution in [0.4, 0.5) is 0 Å². The summed E-state index contributed by atoms with van der Waals surface area (Å²) in [7, 11) is 5.59. The lowest BCUT2D eigenvalue weighted by molar-refractivity contribution is -0.136. The summed E-state index contributed by atoms with van der Waals surface area (Å²) >= 11 is 0. The molecule has 0 unspecified atom stereocenters. The van der Waals surface area contributed by atoms with Gasteiger partial charge in [-0.2, -0.15) is 0 Å². The van der Waals surface area contributed by atoms with E-state index in [2.05, 4.69) is 15.2 Å². The van der Waals surface area contributed by atoms with Gasteiger partial charge in [0.25, 0.3) is 0 Å². The van der Waals surface area contributed by atoms with E-state index >= 15 is 0 Å². The Kier molecular flexibility index (Phi) is 5.73. The Hall–Kier alpha value is -1.47. The summed E-state index contributed by atoms with van der Waals surface area (Å²) in [5.41, 5.74) is 1.23. The molecule has 1 N–H and O–H groups in total. The van der Waals surface area contributed by atoms with E-state index in [1.165, 1.54) is 0 Å². The summed E-state index contributed by atoms with van der Waals surface area (Å²) in [6, 6.07) is 0. The van der Waals surface area contributed by atoms with E-state index in [9.17, 15) is 4.79 Å². The van der Waals surface area contributed by atoms with Gasteiger partial charge in [0.1, 0.15) is 0 Å². The Bertz CT molecular complexity index is 390. The summed E-state index contributed by atoms with van der Waals surface area (Å²) in [4.78, 5) is 12.8. The normalized spacial score (nSPS) is 11.1. The molecule has 1 heterocycles. The zero-order chi connectivity index (χ0) is 13.5. The summed E-state index contributed by atoms with van der Waals surface area (Å²) in [6.45, 7) is 1.99. The number of nitrogens with zero attached hydrogens (tertiary/aromatic N) is 4. The lowest BCUT2D eigenvalue weighted by atomic mass is 10.2. The first-order chi connectivity index (χ1) is 8.54. The van der Waals surface area contributed by atoms with Crippen LogP contribution in [0.25, 0.3) is 0 Å². The van der Waals surface area contributed by atoms with Crippen molar-refractivity contribution >= 4 is 5.97 Å². The molecule has 0 bridgehead atoms. The molecule has 7 nitrogen and oxygen atoms in total. The second kappa shape index (κ2) is 7.07. The Morgan fingerprint density at radius 1 is 1.50 bits per heavy atom. The Morgan fingerprint density at radius 3 is 2.78 bits per heavy atom. The van der Waals surface area contributed by atoms with Crippen LogP contribution in [-0.2, 0) is 29.1 Å². The van der Waals surface area contributed by atoms with Gasteiger partial charge in [0.2, 0.25) is 0 Å². The van der Waals surface area contributed by atoms with Gasteiger partial charge in [0.15, 0.2) is 0 Å². The maximum atomic E-state index is 10.7. The molecule has 0 saturated carbocycles. The minimum atomic E-state index is -0.910. The summed E-state index contributed by atoms with van der Waals surface area (Å²) in [5.74, 6) is -0.910. The van der Waals surface area contributed by atoms with Crippen molar-refractivity contribution in [3.8, 4) is 0 Å². The minimum absolute atomic E-state index is 0.119. The van der Waals surface area contributed by atoms with Crippen molar-refractivity contribution in [2.45, 2.75) is 26.0 Å². The van der Waals surface area contributed by atoms with Crippen LogP contribution in [0, 0.1) is 0 Å². The molecule has 7 heteroatoms. The number of rotatable bonds is 8. The van der Waals surface area contributed by atoms with Crippen molar-refractivity contribution in [2.75, 3.05) is 27.7 Å². The van der Waals surface area contributed by atoms with Gasteiger partial charge in [-0.3, -0.25) is 4.79 Å². The Labute approximate surface area is 106 Å². The average Bonchev–Trinajstić information content (AvgIpc) is 2.61. The fraction of sp³-hybridized carbons (Fsp3) is 0.727. The number of methoxy groups -OCH3 is 1. The highest BCUT2D eigenvalue weighted by atomic mass is 16.5. The van der Waals surface area contributed by atoms with E-state index in [0.29, 0.717) is 18.8 Å². The zero-order valence-electron chi connectivity index (χ0n) is 11.1. The van der Waals surface area contributed by atoms with Crippen molar-refractivity contribution in [3.05, 3.63) is 11.4 Å². The molecule has 0 spiro atoms. The summed E-state index contributed by atoms with van der Waals surface area (Å²) in [5, 5.41) is 16.7. The largest absolute Gasteiger partial charge is 0.481 e. The number of carboxylic acids is 1. The van der Waals surface area contributed by atoms with Crippen molar-refractivity contribution in [1.29, 1.82) is 0 Å². The molecule has 1 rings (SSSR count). The monoisotopic (exact) mass is 256 g/mol. The smallest absolute Gasteiger partial charge is 0.309 e. The SMILES string of the molecule is COCc1c(CC(=O)O)nnn1CCCN(C)C. The molecule has 0 atom stereocenters. The van der Waals surface area contributed by atoms with E-state index in [1.54, 1.807) is 11.8 Å². The van der Waals surface area contributed by atoms with E-state index in [0.717, 1.165) is 18.7 Å². The molecular formula is C11H20N4O3. The fourth-order valence-electron chi connectivity index (χ4n) is 1.66. The molecule has 1 aromatic rings. The molecule has 0 saturated heterocycles. The van der Waals surface area contributed by atoms with Gasteiger partial charge in [-0.1, -0.05) is 5.21 Å². The predicted molar refractivity (Wildman–Crippen MR) is 65.2 cm³/mol. The number of carbonyl (C=O) groups is 1. The maximum Gasteiger partial charge on any atom is 0.309 e. The topological polar surface area (TPSA) is 80.5 Å². The number of carboxylic acid groups (broad SMARTS) is 1. The first kappa shape index (κ1) is 14.6. The standard InChI is InChI=1S/C11H20N4O3/c1-14(2)5-4-6-15-10(8-18-3)9(12-13-15)7-11(16)17/h4-8H2,1-3H3,(H,16,17). The number of hydrogen-bond donors (Lipinski definition) is 1. The van der Waals surface area contributed by atoms with Gasteiger partial charge >= 0.3 is 5.97 Å². The highest BCUT2D eigenvalue weighted by molar-refractivity contribution is 5.69. The Balaban J connectivity index is 2.71. The maximum absolute atomic E-state index is 10.7. The van der Waals surface area contributed by atoms with Gasteiger partial charge in [0.05, 0.1) is 24.4 Å². The highest BCUT2D eigenvalue weighted by Gasteiger charge is 2.15. The van der Waals surface area contributed by atoms with E-state index < -0.39 is 5.97 Å². The molecule has 0 aliphatic carbocycles. The average molecular weight is 256 g/mol. The molecule has 0 fully saturated rings. The van der Waals surface area contributed by atoms with Crippen LogP contribution in [0.1, 0.15) is 17.8 Å². The molecule has 0 amide bonds. The van der Waals surface area contributed by atoms with Crippen molar-refractivity contribution in [3.63, 3.8) is 0 Å². The molecule has 0 aliphatic heterocycles. The third-order valence-corrected chi connectivity index (χ3v) is 2.49. The second-order valence-electron chi connectivity index (χ2n) is 4.37. The molecule has 1 aromatic heterocycles. The minimum Gasteiger partial charge on any atom is -0.481 e. The van der Waals surface area contributed by atoms with Gasteiger partial charge in [-0.05, 0) is 27.1 Å². The van der Waals surface area contributed by atoms with Gasteiger partial charge in [-0.15, -0.1) is 5.10 Å². The van der Waals surface area contributed by atoms with Crippen LogP contribution in [0.5, 0.6) is 0 Å². The molecule has 102 valence electrons. The molecule has 0 aromatic carbocycles. The van der Waals surface area contributed by atoms with Crippen LogP contribution in [-0.4, -0.2) is 58.7 Å². The second-order valence-corrected chi connectivity index (χ2v) is 4.37. The third kappa shape index (κ3) is 4.42. The molecule has 18 heavy (non-hydrogen) atoms. The van der Waals surface area contributed by atoms with Crippen LogP contribution in [0.15, 0.2) is 0 Å². The highest BCUT2D eigenvalue weighted by Crippen LogP contribution is 2.09. The number of hydrogen-bond acceptors (Lipinski definition) is 5. The number of aliphatic carboxylic acids is 1. The van der Waals surface area contributed by atoms with Crippen molar-refractivity contribution < 1.29 is 14.6 Å². The van der Waals surface area contributed by atoms with E-state index in [-0.39, 0.29) is 6.42 Å². The van der Waals surface area contributed by atoms with Crippen LogP contribution < -0.4 is 0 Å². The number of aryl methyl sites for hydroxylation is 1. The number of ether oxygens (including phenoxy) is 1. The van der Waals surface area contributed by atoms with Gasteiger partial charge in [-0.25, -0.2) is 4.68 Å². The summed E-state index contributed by atoms with van der Waals surface area (Å²) in [6.07, 6.45) is 0.811. The van der Waals surface area contributed by atoms with Crippen molar-refractivity contribution in [1.82, 2.24) is 19.9 Å². The summed E-state index contributed by atoms with van der Waals surface area (Å²) < 4.78 is 6.80. The lowest BCUT2D eigenvalue weighted by Crippen LogP contribution is -2.16. The van der Waals surface area contributed by atoms with E-state index in [1.807, 2.05) is 14.1 Å². The Morgan fingerprint density at radius 2 is 2.22 bits per heavy atom. The number of aromatic nitrogens is 3. The van der Waals surface area contributed by atoms with Crippen LogP contribution >= 0.6 is 0 Å².